The van der Waals surface area contributed by atoms with Crippen LogP contribution in [-0.2, 0) is 0 Å². The van der Waals surface area contributed by atoms with Crippen LogP contribution in [0, 0.1) is 0 Å². The number of aromatic amines is 2. The maximum absolute atomic E-state index is 12.2. The number of likely N-dealkylation sites (tertiary alicyclic amines) is 1. The summed E-state index contributed by atoms with van der Waals surface area (Å²) in [5, 5.41) is 16.7. The molecule has 0 radical (unpaired) electrons. The highest BCUT2D eigenvalue weighted by atomic mass is 16.2. The summed E-state index contributed by atoms with van der Waals surface area (Å²) in [6.45, 7) is 1.38. The summed E-state index contributed by atoms with van der Waals surface area (Å²) < 4.78 is 0. The van der Waals surface area contributed by atoms with Crippen LogP contribution in [0.5, 0.6) is 0 Å². The molecule has 8 nitrogen and oxygen atoms in total. The molecule has 0 spiro atoms. The monoisotopic (exact) mass is 337 g/mol. The quantitative estimate of drug-likeness (QED) is 0.683. The maximum Gasteiger partial charge on any atom is 0.321 e. The van der Waals surface area contributed by atoms with E-state index in [-0.39, 0.29) is 6.03 Å². The summed E-state index contributed by atoms with van der Waals surface area (Å²) in [6, 6.07) is 9.82. The third-order valence-corrected chi connectivity index (χ3v) is 4.45. The maximum atomic E-state index is 12.2. The van der Waals surface area contributed by atoms with E-state index in [1.165, 1.54) is 0 Å². The van der Waals surface area contributed by atoms with Crippen LogP contribution >= 0.6 is 0 Å². The average molecular weight is 337 g/mol. The average Bonchev–Trinajstić information content (AvgIpc) is 3.34. The number of amides is 2. The van der Waals surface area contributed by atoms with Crippen molar-refractivity contribution in [3.05, 3.63) is 48.5 Å². The molecule has 2 amide bonds. The van der Waals surface area contributed by atoms with Crippen LogP contribution in [0.25, 0.3) is 11.4 Å². The summed E-state index contributed by atoms with van der Waals surface area (Å²) >= 11 is 0. The molecule has 1 aliphatic heterocycles. The summed E-state index contributed by atoms with van der Waals surface area (Å²) in [5.41, 5.74) is 1.68. The van der Waals surface area contributed by atoms with Gasteiger partial charge in [-0.25, -0.2) is 9.78 Å². The molecule has 0 unspecified atom stereocenters. The van der Waals surface area contributed by atoms with Gasteiger partial charge in [-0.2, -0.15) is 10.2 Å². The third-order valence-electron chi connectivity index (χ3n) is 4.45. The highest BCUT2D eigenvalue weighted by Gasteiger charge is 2.26. The number of nitrogens with one attached hydrogen (secondary N) is 3. The van der Waals surface area contributed by atoms with Crippen molar-refractivity contribution in [2.45, 2.75) is 18.8 Å². The molecule has 1 aromatic carbocycles. The smallest absolute Gasteiger partial charge is 0.321 e. The van der Waals surface area contributed by atoms with Crippen LogP contribution in [0.4, 0.5) is 10.5 Å². The molecule has 0 aliphatic carbocycles. The molecule has 2 aromatic heterocycles. The van der Waals surface area contributed by atoms with Crippen molar-refractivity contribution in [3.63, 3.8) is 0 Å². The first-order chi connectivity index (χ1) is 12.3. The number of piperidine rings is 1. The zero-order chi connectivity index (χ0) is 17.1. The molecule has 4 rings (SSSR count). The minimum absolute atomic E-state index is 0.0950. The molecule has 3 N–H and O–H groups in total. The first kappa shape index (κ1) is 15.4. The highest BCUT2D eigenvalue weighted by Crippen LogP contribution is 2.27. The molecule has 8 heteroatoms. The lowest BCUT2D eigenvalue weighted by Gasteiger charge is -2.30. The number of hydrogen-bond donors (Lipinski definition) is 3. The van der Waals surface area contributed by atoms with Gasteiger partial charge < -0.3 is 10.2 Å². The Morgan fingerprint density at radius 2 is 2.00 bits per heavy atom. The number of carbonyl (C=O) groups is 1. The molecule has 1 aliphatic rings. The van der Waals surface area contributed by atoms with E-state index in [0.29, 0.717) is 24.7 Å². The number of nitrogens with zero attached hydrogens (tertiary/aromatic N) is 4. The van der Waals surface area contributed by atoms with Crippen LogP contribution < -0.4 is 5.32 Å². The Kier molecular flexibility index (Phi) is 4.16. The Balaban J connectivity index is 1.36. The van der Waals surface area contributed by atoms with Crippen LogP contribution in [-0.4, -0.2) is 49.4 Å². The Bertz CT molecular complexity index is 820. The summed E-state index contributed by atoms with van der Waals surface area (Å²) in [4.78, 5) is 18.7. The van der Waals surface area contributed by atoms with E-state index in [2.05, 4.69) is 30.7 Å². The normalized spacial score (nSPS) is 15.3. The molecule has 1 fully saturated rings. The lowest BCUT2D eigenvalue weighted by atomic mass is 9.96. The van der Waals surface area contributed by atoms with Gasteiger partial charge in [0.25, 0.3) is 0 Å². The van der Waals surface area contributed by atoms with Gasteiger partial charge in [-0.05, 0) is 12.8 Å². The molecule has 128 valence electrons. The van der Waals surface area contributed by atoms with Gasteiger partial charge in [0.05, 0.1) is 11.9 Å². The fourth-order valence-corrected chi connectivity index (χ4v) is 3.05. The number of anilines is 1. The number of urea groups is 1. The van der Waals surface area contributed by atoms with E-state index in [9.17, 15) is 4.79 Å². The van der Waals surface area contributed by atoms with Gasteiger partial charge in [-0.1, -0.05) is 30.3 Å². The van der Waals surface area contributed by atoms with E-state index in [0.717, 1.165) is 30.1 Å². The van der Waals surface area contributed by atoms with E-state index >= 15 is 0 Å². The molecular formula is C17H19N7O. The minimum Gasteiger partial charge on any atom is -0.324 e. The van der Waals surface area contributed by atoms with Crippen molar-refractivity contribution >= 4 is 11.7 Å². The van der Waals surface area contributed by atoms with E-state index in [1.807, 2.05) is 35.2 Å². The molecular weight excluding hydrogens is 318 g/mol. The van der Waals surface area contributed by atoms with Crippen molar-refractivity contribution in [2.24, 2.45) is 0 Å². The second-order valence-corrected chi connectivity index (χ2v) is 6.09. The number of hydrogen-bond acceptors (Lipinski definition) is 4. The first-order valence-corrected chi connectivity index (χ1v) is 8.32. The van der Waals surface area contributed by atoms with Crippen molar-refractivity contribution in [2.75, 3.05) is 18.4 Å². The number of H-pyrrole nitrogens is 2. The predicted molar refractivity (Wildman–Crippen MR) is 93.0 cm³/mol. The van der Waals surface area contributed by atoms with Crippen molar-refractivity contribution in [3.8, 4) is 11.4 Å². The van der Waals surface area contributed by atoms with Gasteiger partial charge in [0.1, 0.15) is 5.82 Å². The Labute approximate surface area is 144 Å². The lowest BCUT2D eigenvalue weighted by molar-refractivity contribution is 0.193. The highest BCUT2D eigenvalue weighted by molar-refractivity contribution is 5.89. The first-order valence-electron chi connectivity index (χ1n) is 8.32. The number of aromatic nitrogens is 5. The molecule has 3 heterocycles. The van der Waals surface area contributed by atoms with Gasteiger partial charge in [-0.3, -0.25) is 10.2 Å². The predicted octanol–water partition coefficient (Wildman–Crippen LogP) is 2.61. The summed E-state index contributed by atoms with van der Waals surface area (Å²) in [6.07, 6.45) is 4.97. The molecule has 0 atom stereocenters. The van der Waals surface area contributed by atoms with Gasteiger partial charge in [-0.15, -0.1) is 0 Å². The number of rotatable bonds is 3. The second-order valence-electron chi connectivity index (χ2n) is 6.09. The van der Waals surface area contributed by atoms with Crippen molar-refractivity contribution < 1.29 is 4.79 Å². The van der Waals surface area contributed by atoms with Crippen LogP contribution in [0.1, 0.15) is 24.6 Å². The SMILES string of the molecule is O=C(Nc1cn[nH]c1)N1CCC(c2nc(-c3ccccc3)n[nH]2)CC1. The van der Waals surface area contributed by atoms with Crippen LogP contribution in [0.2, 0.25) is 0 Å². The largest absolute Gasteiger partial charge is 0.324 e. The van der Waals surface area contributed by atoms with Gasteiger partial charge in [0, 0.05) is 30.8 Å². The lowest BCUT2D eigenvalue weighted by Crippen LogP contribution is -2.40. The Hall–Kier alpha value is -3.16. The Morgan fingerprint density at radius 1 is 1.20 bits per heavy atom. The van der Waals surface area contributed by atoms with Gasteiger partial charge >= 0.3 is 6.03 Å². The van der Waals surface area contributed by atoms with Gasteiger partial charge in [0.15, 0.2) is 5.82 Å². The standard InChI is InChI=1S/C17H19N7O/c25-17(20-14-10-18-19-11-14)24-8-6-13(7-9-24)16-21-15(22-23-16)12-4-2-1-3-5-12/h1-5,10-11,13H,6-9H2,(H,18,19)(H,20,25)(H,21,22,23). The van der Waals surface area contributed by atoms with E-state index in [4.69, 9.17) is 0 Å². The van der Waals surface area contributed by atoms with Crippen LogP contribution in [0.3, 0.4) is 0 Å². The summed E-state index contributed by atoms with van der Waals surface area (Å²) in [5.74, 6) is 1.91. The second kappa shape index (κ2) is 6.76. The fraction of sp³-hybridized carbons (Fsp3) is 0.294. The molecule has 0 bridgehead atoms. The third kappa shape index (κ3) is 3.37. The minimum atomic E-state index is -0.0950. The van der Waals surface area contributed by atoms with E-state index in [1.54, 1.807) is 12.4 Å². The molecule has 1 saturated heterocycles. The van der Waals surface area contributed by atoms with E-state index < -0.39 is 0 Å². The fourth-order valence-electron chi connectivity index (χ4n) is 3.05. The summed E-state index contributed by atoms with van der Waals surface area (Å²) in [7, 11) is 0. The van der Waals surface area contributed by atoms with Gasteiger partial charge in [0.2, 0.25) is 0 Å². The number of carbonyl (C=O) groups excluding carboxylic acids is 1. The zero-order valence-electron chi connectivity index (χ0n) is 13.6. The Morgan fingerprint density at radius 3 is 2.72 bits per heavy atom. The molecule has 0 saturated carbocycles. The molecule has 3 aromatic rings. The number of benzene rings is 1. The topological polar surface area (TPSA) is 103 Å². The van der Waals surface area contributed by atoms with Crippen LogP contribution in [0.15, 0.2) is 42.7 Å². The van der Waals surface area contributed by atoms with Crippen molar-refractivity contribution in [1.82, 2.24) is 30.3 Å². The zero-order valence-corrected chi connectivity index (χ0v) is 13.6. The van der Waals surface area contributed by atoms with Crippen molar-refractivity contribution in [1.29, 1.82) is 0 Å². The molecule has 25 heavy (non-hydrogen) atoms.